The second-order valence-corrected chi connectivity index (χ2v) is 20.1. The van der Waals surface area contributed by atoms with Gasteiger partial charge in [-0.2, -0.15) is 0 Å². The highest BCUT2D eigenvalue weighted by atomic mass is 32.2. The van der Waals surface area contributed by atoms with Crippen molar-refractivity contribution >= 4 is 58.4 Å². The van der Waals surface area contributed by atoms with Crippen LogP contribution in [0.3, 0.4) is 0 Å². The maximum atomic E-state index is 2.66. The Bertz CT molecular complexity index is 2900. The Labute approximate surface area is 376 Å². The molecule has 0 amide bonds. The molecule has 11 rings (SSSR count). The number of allylic oxidation sites excluding steroid dienone is 5. The number of nitrogens with zero attached hydrogens (tertiary/aromatic N) is 2. The van der Waals surface area contributed by atoms with Crippen molar-refractivity contribution in [3.05, 3.63) is 202 Å². The minimum atomic E-state index is -0.137. The number of fused-ring (bicyclic) bond motifs is 6. The molecule has 5 aliphatic rings. The average molecular weight is 841 g/mol. The van der Waals surface area contributed by atoms with Crippen LogP contribution in [-0.4, -0.2) is 11.3 Å². The van der Waals surface area contributed by atoms with E-state index in [4.69, 9.17) is 0 Å². The SMILES string of the molecule is CCc1cc(C=Cc2ccc3c(c2)C(C)(C)c2cc(N4c5ccccc5Sc5ccccc54)ccc2-3)ccc1-c1ccc(N2C3=C(C=CCC3C)SC3C=CC=CC32)cc1CC. The van der Waals surface area contributed by atoms with Gasteiger partial charge in [-0.3, -0.25) is 0 Å². The molecule has 2 aliphatic heterocycles. The van der Waals surface area contributed by atoms with Crippen LogP contribution in [0.4, 0.5) is 22.7 Å². The standard InChI is InChI=1S/C58H52N2S2/c1-6-40-33-38(25-29-44(40)45-31-27-42(35-41(45)7-2)60-52-18-10-13-21-55(52)62-56-22-14-15-37(3)57(56)60)23-24-39-26-30-46-47-32-28-43(36-49(47)58(4,5)48(46)34-39)59-50-16-8-11-19-53(50)61-54-20-12-9-17-51(54)59/h8-14,16-37,52,55H,6-7,15H2,1-5H3. The third kappa shape index (κ3) is 6.48. The molecular formula is C58H52N2S2. The quantitative estimate of drug-likeness (QED) is 0.147. The molecule has 2 heterocycles. The monoisotopic (exact) mass is 840 g/mol. The Morgan fingerprint density at radius 3 is 1.97 bits per heavy atom. The van der Waals surface area contributed by atoms with E-state index in [2.05, 4.69) is 214 Å². The van der Waals surface area contributed by atoms with Gasteiger partial charge in [0.15, 0.2) is 0 Å². The van der Waals surface area contributed by atoms with Crippen LogP contribution >= 0.6 is 23.5 Å². The molecule has 0 radical (unpaired) electrons. The first-order valence-corrected chi connectivity index (χ1v) is 24.1. The average Bonchev–Trinajstić information content (AvgIpc) is 3.53. The molecule has 0 spiro atoms. The van der Waals surface area contributed by atoms with Gasteiger partial charge in [0.05, 0.1) is 22.7 Å². The maximum absolute atomic E-state index is 2.66. The number of para-hydroxylation sites is 2. The molecule has 6 aromatic rings. The molecule has 3 unspecified atom stereocenters. The Hall–Kier alpha value is -5.68. The van der Waals surface area contributed by atoms with Crippen molar-refractivity contribution in [2.24, 2.45) is 5.92 Å². The first kappa shape index (κ1) is 39.2. The van der Waals surface area contributed by atoms with Crippen LogP contribution in [0.15, 0.2) is 178 Å². The highest BCUT2D eigenvalue weighted by Crippen LogP contribution is 2.55. The number of aryl methyl sites for hydroxylation is 2. The van der Waals surface area contributed by atoms with Gasteiger partial charge in [0, 0.05) is 43.1 Å². The summed E-state index contributed by atoms with van der Waals surface area (Å²) in [6.45, 7) is 11.8. The van der Waals surface area contributed by atoms with E-state index in [-0.39, 0.29) is 5.41 Å². The van der Waals surface area contributed by atoms with Crippen molar-refractivity contribution < 1.29 is 0 Å². The van der Waals surface area contributed by atoms with E-state index in [1.165, 1.54) is 98.8 Å². The molecule has 4 heteroatoms. The molecule has 0 saturated heterocycles. The van der Waals surface area contributed by atoms with Crippen LogP contribution in [0.5, 0.6) is 0 Å². The second-order valence-electron chi connectivity index (χ2n) is 17.8. The molecule has 3 atom stereocenters. The Balaban J connectivity index is 0.874. The Kier molecular flexibility index (Phi) is 9.85. The van der Waals surface area contributed by atoms with E-state index in [0.717, 1.165) is 19.3 Å². The molecule has 0 aromatic heterocycles. The van der Waals surface area contributed by atoms with Gasteiger partial charge < -0.3 is 9.80 Å². The lowest BCUT2D eigenvalue weighted by atomic mass is 9.81. The number of thioether (sulfide) groups is 1. The molecular weight excluding hydrogens is 789 g/mol. The van der Waals surface area contributed by atoms with E-state index < -0.39 is 0 Å². The van der Waals surface area contributed by atoms with Crippen LogP contribution in [0.1, 0.15) is 74.4 Å². The summed E-state index contributed by atoms with van der Waals surface area (Å²) >= 11 is 3.89. The zero-order valence-corrected chi connectivity index (χ0v) is 37.9. The van der Waals surface area contributed by atoms with Crippen LogP contribution < -0.4 is 9.80 Å². The highest BCUT2D eigenvalue weighted by Gasteiger charge is 2.39. The maximum Gasteiger partial charge on any atom is 0.0680 e. The third-order valence-corrected chi connectivity index (χ3v) is 16.2. The van der Waals surface area contributed by atoms with Gasteiger partial charge >= 0.3 is 0 Å². The summed E-state index contributed by atoms with van der Waals surface area (Å²) in [6, 6.07) is 46.4. The van der Waals surface area contributed by atoms with Gasteiger partial charge in [-0.15, -0.1) is 11.8 Å². The van der Waals surface area contributed by atoms with Gasteiger partial charge in [-0.05, 0) is 123 Å². The lowest BCUT2D eigenvalue weighted by molar-refractivity contribution is 0.609. The molecule has 0 fully saturated rings. The summed E-state index contributed by atoms with van der Waals surface area (Å²) in [7, 11) is 0. The molecule has 62 heavy (non-hydrogen) atoms. The normalized spacial score (nSPS) is 20.2. The lowest BCUT2D eigenvalue weighted by Gasteiger charge is -2.46. The number of anilines is 4. The number of rotatable bonds is 7. The Morgan fingerprint density at radius 2 is 1.24 bits per heavy atom. The summed E-state index contributed by atoms with van der Waals surface area (Å²) in [5, 5.41) is 0.417. The predicted octanol–water partition coefficient (Wildman–Crippen LogP) is 16.1. The molecule has 6 aromatic carbocycles. The topological polar surface area (TPSA) is 6.48 Å². The van der Waals surface area contributed by atoms with Crippen LogP contribution in [0.2, 0.25) is 0 Å². The summed E-state index contributed by atoms with van der Waals surface area (Å²) in [6.07, 6.45) is 21.6. The molecule has 0 bridgehead atoms. The molecule has 0 saturated carbocycles. The fourth-order valence-electron chi connectivity index (χ4n) is 10.5. The number of hydrogen-bond donors (Lipinski definition) is 0. The van der Waals surface area contributed by atoms with Crippen LogP contribution in [-0.2, 0) is 18.3 Å². The first-order valence-electron chi connectivity index (χ1n) is 22.4. The first-order chi connectivity index (χ1) is 30.3. The second kappa shape index (κ2) is 15.6. The van der Waals surface area contributed by atoms with Gasteiger partial charge in [0.1, 0.15) is 0 Å². The van der Waals surface area contributed by atoms with Crippen LogP contribution in [0, 0.1) is 5.92 Å². The smallest absolute Gasteiger partial charge is 0.0680 e. The van der Waals surface area contributed by atoms with E-state index >= 15 is 0 Å². The minimum Gasteiger partial charge on any atom is -0.335 e. The zero-order valence-electron chi connectivity index (χ0n) is 36.2. The fraction of sp³-hybridized carbons (Fsp3) is 0.207. The Morgan fingerprint density at radius 1 is 0.645 bits per heavy atom. The van der Waals surface area contributed by atoms with Gasteiger partial charge in [-0.1, -0.05) is 168 Å². The van der Waals surface area contributed by atoms with Crippen molar-refractivity contribution in [2.75, 3.05) is 9.80 Å². The van der Waals surface area contributed by atoms with Crippen molar-refractivity contribution in [2.45, 2.75) is 80.4 Å². The molecule has 2 nitrogen and oxygen atoms in total. The number of hydrogen-bond acceptors (Lipinski definition) is 4. The van der Waals surface area contributed by atoms with Gasteiger partial charge in [-0.25, -0.2) is 0 Å². The van der Waals surface area contributed by atoms with Crippen molar-refractivity contribution in [3.63, 3.8) is 0 Å². The van der Waals surface area contributed by atoms with E-state index in [9.17, 15) is 0 Å². The summed E-state index contributed by atoms with van der Waals surface area (Å²) in [5.41, 5.74) is 19.8. The van der Waals surface area contributed by atoms with E-state index in [1.54, 1.807) is 0 Å². The third-order valence-electron chi connectivity index (χ3n) is 13.7. The lowest BCUT2D eigenvalue weighted by Crippen LogP contribution is -2.46. The van der Waals surface area contributed by atoms with E-state index in [1.807, 2.05) is 23.5 Å². The molecule has 306 valence electrons. The molecule has 0 N–H and O–H groups in total. The summed E-state index contributed by atoms with van der Waals surface area (Å²) in [4.78, 5) is 9.11. The van der Waals surface area contributed by atoms with Crippen molar-refractivity contribution in [3.8, 4) is 22.3 Å². The van der Waals surface area contributed by atoms with Crippen molar-refractivity contribution in [1.29, 1.82) is 0 Å². The van der Waals surface area contributed by atoms with Gasteiger partial charge in [0.25, 0.3) is 0 Å². The summed E-state index contributed by atoms with van der Waals surface area (Å²) in [5.74, 6) is 0.495. The van der Waals surface area contributed by atoms with Crippen molar-refractivity contribution in [1.82, 2.24) is 0 Å². The predicted molar refractivity (Wildman–Crippen MR) is 268 cm³/mol. The van der Waals surface area contributed by atoms with Gasteiger partial charge in [0.2, 0.25) is 0 Å². The number of benzene rings is 6. The zero-order chi connectivity index (χ0) is 42.1. The fourth-order valence-corrected chi connectivity index (χ4v) is 13.0. The molecule has 3 aliphatic carbocycles. The van der Waals surface area contributed by atoms with Crippen LogP contribution in [0.25, 0.3) is 34.4 Å². The van der Waals surface area contributed by atoms with E-state index in [0.29, 0.717) is 17.2 Å². The largest absolute Gasteiger partial charge is 0.335 e. The minimum absolute atomic E-state index is 0.137. The summed E-state index contributed by atoms with van der Waals surface area (Å²) < 4.78 is 0. The highest BCUT2D eigenvalue weighted by molar-refractivity contribution is 8.04.